The molecule has 1 atom stereocenters. The van der Waals surface area contributed by atoms with Crippen molar-refractivity contribution in [1.29, 1.82) is 5.26 Å². The number of methoxy groups -OCH3 is 1. The van der Waals surface area contributed by atoms with E-state index in [1.54, 1.807) is 19.2 Å². The minimum Gasteiger partial charge on any atom is -0.495 e. The van der Waals surface area contributed by atoms with Crippen molar-refractivity contribution in [3.8, 4) is 23.2 Å². The summed E-state index contributed by atoms with van der Waals surface area (Å²) in [4.78, 5) is 8.18. The summed E-state index contributed by atoms with van der Waals surface area (Å²) in [6.07, 6.45) is 1.55. The van der Waals surface area contributed by atoms with Crippen LogP contribution in [0.25, 0.3) is 22.3 Å². The topological polar surface area (TPSA) is 75.9 Å². The van der Waals surface area contributed by atoms with Gasteiger partial charge in [-0.05, 0) is 48.4 Å². The first kappa shape index (κ1) is 18.4. The van der Waals surface area contributed by atoms with E-state index in [0.29, 0.717) is 24.5 Å². The predicted octanol–water partition coefficient (Wildman–Crippen LogP) is 4.48. The highest BCUT2D eigenvalue weighted by Gasteiger charge is 2.28. The van der Waals surface area contributed by atoms with E-state index in [9.17, 15) is 9.65 Å². The van der Waals surface area contributed by atoms with E-state index in [-0.39, 0.29) is 5.82 Å². The van der Waals surface area contributed by atoms with Crippen LogP contribution in [-0.4, -0.2) is 28.3 Å². The molecule has 150 valence electrons. The van der Waals surface area contributed by atoms with Gasteiger partial charge in [0.15, 0.2) is 0 Å². The number of imidazole rings is 1. The van der Waals surface area contributed by atoms with Gasteiger partial charge < -0.3 is 19.0 Å². The summed E-state index contributed by atoms with van der Waals surface area (Å²) in [5.74, 6) is 0.991. The van der Waals surface area contributed by atoms with Crippen molar-refractivity contribution >= 4 is 10.9 Å². The van der Waals surface area contributed by atoms with Crippen LogP contribution in [0, 0.1) is 24.1 Å². The summed E-state index contributed by atoms with van der Waals surface area (Å²) in [6, 6.07) is 12.4. The van der Waals surface area contributed by atoms with Gasteiger partial charge in [-0.15, -0.1) is 0 Å². The second-order valence-electron chi connectivity index (χ2n) is 7.33. The normalized spacial score (nSPS) is 15.7. The summed E-state index contributed by atoms with van der Waals surface area (Å²) in [7, 11) is 1.56. The molecule has 1 aliphatic heterocycles. The van der Waals surface area contributed by atoms with Crippen LogP contribution in [0.2, 0.25) is 0 Å². The zero-order chi connectivity index (χ0) is 20.8. The number of benzene rings is 2. The van der Waals surface area contributed by atoms with Gasteiger partial charge in [-0.25, -0.2) is 9.37 Å². The van der Waals surface area contributed by atoms with E-state index in [1.165, 1.54) is 12.1 Å². The van der Waals surface area contributed by atoms with Gasteiger partial charge in [-0.1, -0.05) is 6.07 Å². The molecule has 0 amide bonds. The zero-order valence-electron chi connectivity index (χ0n) is 16.6. The van der Waals surface area contributed by atoms with Crippen molar-refractivity contribution in [2.24, 2.45) is 0 Å². The van der Waals surface area contributed by atoms with Gasteiger partial charge in [0.25, 0.3) is 0 Å². The monoisotopic (exact) mass is 402 g/mol. The molecule has 0 bridgehead atoms. The van der Waals surface area contributed by atoms with Crippen molar-refractivity contribution in [3.05, 3.63) is 70.9 Å². The largest absolute Gasteiger partial charge is 0.495 e. The Bertz CT molecular complexity index is 1310. The molecule has 6 nitrogen and oxygen atoms in total. The van der Waals surface area contributed by atoms with Crippen molar-refractivity contribution in [2.75, 3.05) is 13.7 Å². The molecule has 1 unspecified atom stereocenters. The molecule has 0 fully saturated rings. The molecule has 5 rings (SSSR count). The highest BCUT2D eigenvalue weighted by atomic mass is 19.1. The Morgan fingerprint density at radius 1 is 1.30 bits per heavy atom. The van der Waals surface area contributed by atoms with Crippen LogP contribution in [0.4, 0.5) is 4.39 Å². The summed E-state index contributed by atoms with van der Waals surface area (Å²) < 4.78 is 27.4. The Morgan fingerprint density at radius 2 is 2.17 bits per heavy atom. The lowest BCUT2D eigenvalue weighted by molar-refractivity contribution is 0.0424. The number of nitriles is 1. The van der Waals surface area contributed by atoms with E-state index in [1.807, 2.05) is 25.3 Å². The molecule has 4 aromatic rings. The molecule has 30 heavy (non-hydrogen) atoms. The number of fused-ring (bicyclic) bond motifs is 2. The molecule has 0 spiro atoms. The van der Waals surface area contributed by atoms with Crippen LogP contribution in [-0.2, 0) is 11.3 Å². The third kappa shape index (κ3) is 2.85. The van der Waals surface area contributed by atoms with Crippen LogP contribution in [0.1, 0.15) is 28.6 Å². The maximum absolute atomic E-state index is 13.9. The number of halogens is 1. The third-order valence-corrected chi connectivity index (χ3v) is 5.54. The van der Waals surface area contributed by atoms with Crippen LogP contribution in [0.5, 0.6) is 5.75 Å². The average Bonchev–Trinajstić information content (AvgIpc) is 3.38. The minimum atomic E-state index is -0.424. The lowest BCUT2D eigenvalue weighted by Gasteiger charge is -2.25. The van der Waals surface area contributed by atoms with Gasteiger partial charge in [0.05, 0.1) is 25.0 Å². The van der Waals surface area contributed by atoms with E-state index >= 15 is 0 Å². The average molecular weight is 402 g/mol. The molecule has 2 aromatic carbocycles. The predicted molar refractivity (Wildman–Crippen MR) is 110 cm³/mol. The highest BCUT2D eigenvalue weighted by Crippen LogP contribution is 2.36. The van der Waals surface area contributed by atoms with E-state index < -0.39 is 6.10 Å². The molecule has 0 saturated heterocycles. The Morgan fingerprint density at radius 3 is 2.97 bits per heavy atom. The summed E-state index contributed by atoms with van der Waals surface area (Å²) >= 11 is 0. The molecule has 1 N–H and O–H groups in total. The van der Waals surface area contributed by atoms with Crippen molar-refractivity contribution in [3.63, 3.8) is 0 Å². The Hall–Kier alpha value is -3.63. The van der Waals surface area contributed by atoms with Gasteiger partial charge in [-0.2, -0.15) is 5.26 Å². The van der Waals surface area contributed by atoms with E-state index in [0.717, 1.165) is 39.2 Å². The van der Waals surface area contributed by atoms with Crippen LogP contribution < -0.4 is 4.74 Å². The lowest BCUT2D eigenvalue weighted by Crippen LogP contribution is -2.23. The highest BCUT2D eigenvalue weighted by molar-refractivity contribution is 5.92. The Balaban J connectivity index is 1.61. The van der Waals surface area contributed by atoms with Crippen LogP contribution >= 0.6 is 0 Å². The SMILES string of the molecule is COc1c(C#N)ccc2[nH]c(-c3cn4c(n3)C(c3cc(F)ccc3C)OCC4)cc12. The number of nitrogens with one attached hydrogen (secondary N) is 1. The summed E-state index contributed by atoms with van der Waals surface area (Å²) in [5, 5.41) is 10.2. The molecule has 7 heteroatoms. The minimum absolute atomic E-state index is 0.292. The van der Waals surface area contributed by atoms with Crippen LogP contribution in [0.3, 0.4) is 0 Å². The first-order valence-corrected chi connectivity index (χ1v) is 9.64. The number of ether oxygens (including phenoxy) is 2. The fraction of sp³-hybridized carbons (Fsp3) is 0.217. The lowest BCUT2D eigenvalue weighted by atomic mass is 10.0. The Labute approximate surface area is 172 Å². The third-order valence-electron chi connectivity index (χ3n) is 5.54. The van der Waals surface area contributed by atoms with Gasteiger partial charge in [0.1, 0.15) is 35.3 Å². The fourth-order valence-corrected chi connectivity index (χ4v) is 4.04. The van der Waals surface area contributed by atoms with E-state index in [4.69, 9.17) is 14.5 Å². The fourth-order valence-electron chi connectivity index (χ4n) is 4.04. The van der Waals surface area contributed by atoms with Gasteiger partial charge in [0, 0.05) is 23.6 Å². The quantitative estimate of drug-likeness (QED) is 0.548. The second kappa shape index (κ2) is 7.01. The summed E-state index contributed by atoms with van der Waals surface area (Å²) in [5.41, 5.74) is 4.65. The second-order valence-corrected chi connectivity index (χ2v) is 7.33. The number of rotatable bonds is 3. The smallest absolute Gasteiger partial charge is 0.146 e. The van der Waals surface area contributed by atoms with Crippen molar-refractivity contribution < 1.29 is 13.9 Å². The zero-order valence-corrected chi connectivity index (χ0v) is 16.6. The Kier molecular flexibility index (Phi) is 4.30. The molecule has 3 heterocycles. The molecular weight excluding hydrogens is 383 g/mol. The maximum Gasteiger partial charge on any atom is 0.146 e. The number of aromatic amines is 1. The van der Waals surface area contributed by atoms with Gasteiger partial charge in [0.2, 0.25) is 0 Å². The van der Waals surface area contributed by atoms with Crippen LogP contribution in [0.15, 0.2) is 42.6 Å². The van der Waals surface area contributed by atoms with E-state index in [2.05, 4.69) is 15.6 Å². The molecule has 2 aromatic heterocycles. The number of hydrogen-bond acceptors (Lipinski definition) is 4. The van der Waals surface area contributed by atoms with Crippen molar-refractivity contribution in [1.82, 2.24) is 14.5 Å². The molecule has 0 radical (unpaired) electrons. The first-order chi connectivity index (χ1) is 14.6. The number of hydrogen-bond donors (Lipinski definition) is 1. The van der Waals surface area contributed by atoms with Crippen molar-refractivity contribution in [2.45, 2.75) is 19.6 Å². The maximum atomic E-state index is 13.9. The number of aryl methyl sites for hydroxylation is 1. The molecule has 1 aliphatic rings. The standard InChI is InChI=1S/C23H19FN4O2/c1-13-3-5-15(24)9-16(13)22-23-27-20(12-28(23)7-8-30-22)19-10-17-18(26-19)6-4-14(11-25)21(17)29-2/h3-6,9-10,12,22,26H,7-8H2,1-2H3. The number of aromatic nitrogens is 3. The number of nitrogens with zero attached hydrogens (tertiary/aromatic N) is 3. The van der Waals surface area contributed by atoms with Gasteiger partial charge in [-0.3, -0.25) is 0 Å². The molecular formula is C23H19FN4O2. The molecule has 0 aliphatic carbocycles. The van der Waals surface area contributed by atoms with Gasteiger partial charge >= 0.3 is 0 Å². The first-order valence-electron chi connectivity index (χ1n) is 9.64. The number of H-pyrrole nitrogens is 1. The molecule has 0 saturated carbocycles. The summed E-state index contributed by atoms with van der Waals surface area (Å²) in [6.45, 7) is 3.14.